The fourth-order valence-corrected chi connectivity index (χ4v) is 2.40. The molecule has 0 atom stereocenters. The van der Waals surface area contributed by atoms with Gasteiger partial charge in [0.25, 0.3) is 0 Å². The first kappa shape index (κ1) is 13.9. The molecule has 1 heterocycles. The molecule has 2 nitrogen and oxygen atoms in total. The second kappa shape index (κ2) is 5.63. The molecule has 0 saturated carbocycles. The van der Waals surface area contributed by atoms with Gasteiger partial charge in [-0.1, -0.05) is 0 Å². The first-order valence-corrected chi connectivity index (χ1v) is 6.76. The third-order valence-corrected chi connectivity index (χ3v) is 4.04. The lowest BCUT2D eigenvalue weighted by atomic mass is 9.92. The van der Waals surface area contributed by atoms with E-state index >= 15 is 0 Å². The van der Waals surface area contributed by atoms with E-state index in [-0.39, 0.29) is 22.1 Å². The van der Waals surface area contributed by atoms with E-state index in [1.54, 1.807) is 0 Å². The summed E-state index contributed by atoms with van der Waals surface area (Å²) in [5.41, 5.74) is -0.0310. The highest BCUT2D eigenvalue weighted by molar-refractivity contribution is 9.10. The van der Waals surface area contributed by atoms with Crippen molar-refractivity contribution in [1.82, 2.24) is 5.32 Å². The van der Waals surface area contributed by atoms with Gasteiger partial charge in [0.1, 0.15) is 11.6 Å². The number of nitrogens with one attached hydrogen (secondary N) is 1. The van der Waals surface area contributed by atoms with Gasteiger partial charge >= 0.3 is 0 Å². The molecule has 100 valence electrons. The summed E-state index contributed by atoms with van der Waals surface area (Å²) in [6.07, 6.45) is 1.70. The van der Waals surface area contributed by atoms with Crippen LogP contribution in [-0.2, 0) is 11.3 Å². The molecule has 1 N–H and O–H groups in total. The van der Waals surface area contributed by atoms with E-state index in [2.05, 4.69) is 28.2 Å². The Morgan fingerprint density at radius 2 is 2.00 bits per heavy atom. The van der Waals surface area contributed by atoms with Crippen molar-refractivity contribution in [1.29, 1.82) is 0 Å². The Morgan fingerprint density at radius 3 is 2.67 bits per heavy atom. The lowest BCUT2D eigenvalue weighted by molar-refractivity contribution is 0.0444. The summed E-state index contributed by atoms with van der Waals surface area (Å²) in [7, 11) is 0. The quantitative estimate of drug-likeness (QED) is 0.862. The summed E-state index contributed by atoms with van der Waals surface area (Å²) >= 11 is 3.07. The van der Waals surface area contributed by atoms with Crippen LogP contribution in [0.25, 0.3) is 0 Å². The van der Waals surface area contributed by atoms with E-state index in [4.69, 9.17) is 4.74 Å². The van der Waals surface area contributed by atoms with Crippen LogP contribution in [0.3, 0.4) is 0 Å². The van der Waals surface area contributed by atoms with Crippen LogP contribution in [-0.4, -0.2) is 18.8 Å². The molecule has 2 rings (SSSR count). The third kappa shape index (κ3) is 3.08. The van der Waals surface area contributed by atoms with E-state index in [0.29, 0.717) is 13.2 Å². The van der Waals surface area contributed by atoms with Gasteiger partial charge in [0.05, 0.1) is 4.47 Å². The van der Waals surface area contributed by atoms with Crippen molar-refractivity contribution in [3.8, 4) is 0 Å². The number of benzene rings is 1. The Balaban J connectivity index is 2.08. The molecule has 0 aromatic heterocycles. The minimum atomic E-state index is -0.529. The molecule has 1 aromatic carbocycles. The van der Waals surface area contributed by atoms with Crippen LogP contribution < -0.4 is 5.32 Å². The molecule has 1 saturated heterocycles. The van der Waals surface area contributed by atoms with Crippen molar-refractivity contribution < 1.29 is 13.5 Å². The lowest BCUT2D eigenvalue weighted by Gasteiger charge is -2.34. The number of hydrogen-bond donors (Lipinski definition) is 1. The lowest BCUT2D eigenvalue weighted by Crippen LogP contribution is -2.46. The Kier molecular flexibility index (Phi) is 4.35. The molecule has 1 fully saturated rings. The molecular weight excluding hydrogens is 304 g/mol. The first-order valence-electron chi connectivity index (χ1n) is 5.97. The standard InChI is InChI=1S/C13H16BrF2NO/c1-13(4-6-18-7-5-13)17-8-9-11(15)3-2-10(14)12(9)16/h2-3,17H,4-8H2,1H3. The van der Waals surface area contributed by atoms with Crippen LogP contribution in [0.15, 0.2) is 16.6 Å². The summed E-state index contributed by atoms with van der Waals surface area (Å²) in [6, 6.07) is 2.65. The minimum absolute atomic E-state index is 0.0806. The Labute approximate surface area is 114 Å². The fourth-order valence-electron chi connectivity index (χ4n) is 2.03. The van der Waals surface area contributed by atoms with Gasteiger partial charge in [0, 0.05) is 30.9 Å². The maximum absolute atomic E-state index is 13.8. The molecular formula is C13H16BrF2NO. The number of hydrogen-bond acceptors (Lipinski definition) is 2. The van der Waals surface area contributed by atoms with Crippen LogP contribution in [0.4, 0.5) is 8.78 Å². The smallest absolute Gasteiger partial charge is 0.144 e. The summed E-state index contributed by atoms with van der Waals surface area (Å²) in [4.78, 5) is 0. The Bertz CT molecular complexity index is 433. The predicted octanol–water partition coefficient (Wildman–Crippen LogP) is 3.39. The van der Waals surface area contributed by atoms with Crippen molar-refractivity contribution >= 4 is 15.9 Å². The highest BCUT2D eigenvalue weighted by atomic mass is 79.9. The SMILES string of the molecule is CC1(NCc2c(F)ccc(Br)c2F)CCOCC1. The van der Waals surface area contributed by atoms with Gasteiger partial charge in [-0.25, -0.2) is 8.78 Å². The van der Waals surface area contributed by atoms with Crippen molar-refractivity contribution in [2.75, 3.05) is 13.2 Å². The van der Waals surface area contributed by atoms with Gasteiger partial charge < -0.3 is 10.1 Å². The Hall–Kier alpha value is -0.520. The molecule has 1 aliphatic rings. The van der Waals surface area contributed by atoms with Crippen LogP contribution >= 0.6 is 15.9 Å². The maximum Gasteiger partial charge on any atom is 0.144 e. The number of rotatable bonds is 3. The average molecular weight is 320 g/mol. The van der Waals surface area contributed by atoms with E-state index in [1.807, 2.05) is 0 Å². The molecule has 1 aliphatic heterocycles. The van der Waals surface area contributed by atoms with Gasteiger partial charge in [0.15, 0.2) is 0 Å². The molecule has 0 unspecified atom stereocenters. The van der Waals surface area contributed by atoms with Crippen LogP contribution in [0.1, 0.15) is 25.3 Å². The normalized spacial score (nSPS) is 18.9. The van der Waals surface area contributed by atoms with Gasteiger partial charge in [-0.15, -0.1) is 0 Å². The molecule has 1 aromatic rings. The molecule has 18 heavy (non-hydrogen) atoms. The number of halogens is 3. The number of ether oxygens (including phenoxy) is 1. The van der Waals surface area contributed by atoms with E-state index in [1.165, 1.54) is 12.1 Å². The Morgan fingerprint density at radius 1 is 1.33 bits per heavy atom. The van der Waals surface area contributed by atoms with E-state index in [9.17, 15) is 8.78 Å². The highest BCUT2D eigenvalue weighted by Gasteiger charge is 2.27. The van der Waals surface area contributed by atoms with E-state index < -0.39 is 11.6 Å². The summed E-state index contributed by atoms with van der Waals surface area (Å²) < 4.78 is 33.0. The van der Waals surface area contributed by atoms with Crippen LogP contribution in [0.2, 0.25) is 0 Å². The van der Waals surface area contributed by atoms with E-state index in [0.717, 1.165) is 12.8 Å². The van der Waals surface area contributed by atoms with Crippen molar-refractivity contribution in [3.63, 3.8) is 0 Å². The predicted molar refractivity (Wildman–Crippen MR) is 69.4 cm³/mol. The summed E-state index contributed by atoms with van der Waals surface area (Å²) in [5, 5.41) is 3.24. The van der Waals surface area contributed by atoms with Gasteiger partial charge in [-0.05, 0) is 47.8 Å². The zero-order valence-corrected chi connectivity index (χ0v) is 11.8. The summed E-state index contributed by atoms with van der Waals surface area (Å²) in [5.74, 6) is -1.04. The van der Waals surface area contributed by atoms with Gasteiger partial charge in [-0.2, -0.15) is 0 Å². The zero-order valence-electron chi connectivity index (χ0n) is 10.2. The van der Waals surface area contributed by atoms with Crippen molar-refractivity contribution in [2.45, 2.75) is 31.8 Å². The monoisotopic (exact) mass is 319 g/mol. The zero-order chi connectivity index (χ0) is 13.2. The second-order valence-corrected chi connectivity index (χ2v) is 5.70. The third-order valence-electron chi connectivity index (χ3n) is 3.43. The molecule has 0 amide bonds. The highest BCUT2D eigenvalue weighted by Crippen LogP contribution is 2.24. The molecule has 5 heteroatoms. The molecule has 0 spiro atoms. The largest absolute Gasteiger partial charge is 0.381 e. The first-order chi connectivity index (χ1) is 8.52. The maximum atomic E-state index is 13.8. The second-order valence-electron chi connectivity index (χ2n) is 4.85. The summed E-state index contributed by atoms with van der Waals surface area (Å²) in [6.45, 7) is 3.62. The molecule has 0 aliphatic carbocycles. The fraction of sp³-hybridized carbons (Fsp3) is 0.538. The van der Waals surface area contributed by atoms with Crippen LogP contribution in [0, 0.1) is 11.6 Å². The van der Waals surface area contributed by atoms with Crippen molar-refractivity contribution in [2.24, 2.45) is 0 Å². The minimum Gasteiger partial charge on any atom is -0.381 e. The van der Waals surface area contributed by atoms with Gasteiger partial charge in [-0.3, -0.25) is 0 Å². The molecule has 0 bridgehead atoms. The van der Waals surface area contributed by atoms with Crippen LogP contribution in [0.5, 0.6) is 0 Å². The molecule has 0 radical (unpaired) electrons. The van der Waals surface area contributed by atoms with Gasteiger partial charge in [0.2, 0.25) is 0 Å². The van der Waals surface area contributed by atoms with Crippen molar-refractivity contribution in [3.05, 3.63) is 33.8 Å². The topological polar surface area (TPSA) is 21.3 Å². The average Bonchev–Trinajstić information content (AvgIpc) is 2.35.